The number of nitrogens with one attached hydrogen (secondary N) is 2. The molecule has 2 heterocycles. The molecule has 3 rings (SSSR count). The summed E-state index contributed by atoms with van der Waals surface area (Å²) >= 11 is 0. The quantitative estimate of drug-likeness (QED) is 0.834. The number of fused-ring (bicyclic) bond motifs is 1. The number of aromatic amines is 1. The maximum absolute atomic E-state index is 12.7. The van der Waals surface area contributed by atoms with Crippen LogP contribution in [0.2, 0.25) is 0 Å². The second-order valence-electron chi connectivity index (χ2n) is 7.33. The molecule has 148 valence electrons. The predicted molar refractivity (Wildman–Crippen MR) is 97.4 cm³/mol. The molecule has 0 bridgehead atoms. The molecule has 2 aromatic rings. The number of alkyl halides is 3. The van der Waals surface area contributed by atoms with Crippen molar-refractivity contribution in [1.82, 2.24) is 19.8 Å². The maximum atomic E-state index is 12.7. The lowest BCUT2D eigenvalue weighted by molar-refractivity contribution is -0.144. The van der Waals surface area contributed by atoms with Crippen LogP contribution in [0.15, 0.2) is 18.2 Å². The number of H-pyrrole nitrogens is 1. The van der Waals surface area contributed by atoms with Crippen molar-refractivity contribution in [3.05, 3.63) is 24.0 Å². The van der Waals surface area contributed by atoms with Crippen LogP contribution in [0, 0.1) is 5.92 Å². The zero-order valence-electron chi connectivity index (χ0n) is 15.4. The van der Waals surface area contributed by atoms with E-state index in [2.05, 4.69) is 38.9 Å². The van der Waals surface area contributed by atoms with Crippen LogP contribution in [-0.4, -0.2) is 64.9 Å². The Morgan fingerprint density at radius 1 is 1.22 bits per heavy atom. The molecule has 1 aromatic heterocycles. The van der Waals surface area contributed by atoms with E-state index in [-0.39, 0.29) is 23.5 Å². The summed E-state index contributed by atoms with van der Waals surface area (Å²) in [5, 5.41) is 2.75. The number of hydrogen-bond donors (Lipinski definition) is 2. The second-order valence-corrected chi connectivity index (χ2v) is 7.33. The van der Waals surface area contributed by atoms with E-state index in [0.717, 1.165) is 32.7 Å². The average Bonchev–Trinajstić information content (AvgIpc) is 3.00. The van der Waals surface area contributed by atoms with E-state index in [1.165, 1.54) is 12.1 Å². The zero-order valence-corrected chi connectivity index (χ0v) is 15.4. The highest BCUT2D eigenvalue weighted by atomic mass is 19.4. The van der Waals surface area contributed by atoms with Gasteiger partial charge in [-0.2, -0.15) is 13.2 Å². The van der Waals surface area contributed by atoms with Crippen LogP contribution < -0.4 is 5.32 Å². The van der Waals surface area contributed by atoms with Gasteiger partial charge in [0.1, 0.15) is 0 Å². The summed E-state index contributed by atoms with van der Waals surface area (Å²) in [5.74, 6) is -0.599. The molecule has 1 saturated heterocycles. The van der Waals surface area contributed by atoms with Gasteiger partial charge in [-0.3, -0.25) is 9.69 Å². The molecule has 27 heavy (non-hydrogen) atoms. The summed E-state index contributed by atoms with van der Waals surface area (Å²) < 4.78 is 38.2. The van der Waals surface area contributed by atoms with Crippen LogP contribution >= 0.6 is 0 Å². The molecule has 2 N–H and O–H groups in total. The molecule has 1 aliphatic heterocycles. The first-order valence-electron chi connectivity index (χ1n) is 9.02. The molecule has 0 unspecified atom stereocenters. The maximum Gasteiger partial charge on any atom is 0.449 e. The van der Waals surface area contributed by atoms with Crippen LogP contribution in [0.1, 0.15) is 19.7 Å². The molecule has 1 aromatic carbocycles. The highest BCUT2D eigenvalue weighted by Crippen LogP contribution is 2.29. The van der Waals surface area contributed by atoms with Gasteiger partial charge in [0.15, 0.2) is 0 Å². The molecule has 1 fully saturated rings. The van der Waals surface area contributed by atoms with Crippen molar-refractivity contribution in [3.63, 3.8) is 0 Å². The summed E-state index contributed by atoms with van der Waals surface area (Å²) in [5.41, 5.74) is 0.896. The number of nitrogens with zero attached hydrogens (tertiary/aromatic N) is 3. The third-order valence-electron chi connectivity index (χ3n) is 4.49. The fourth-order valence-corrected chi connectivity index (χ4v) is 3.27. The van der Waals surface area contributed by atoms with E-state index in [9.17, 15) is 18.0 Å². The number of rotatable bonds is 5. The van der Waals surface area contributed by atoms with Crippen molar-refractivity contribution in [2.75, 3.05) is 44.6 Å². The Balaban J connectivity index is 1.55. The number of carbonyl (C=O) groups excluding carboxylic acids is 1. The molecule has 1 aliphatic rings. The van der Waals surface area contributed by atoms with Gasteiger partial charge in [-0.25, -0.2) is 4.98 Å². The van der Waals surface area contributed by atoms with Gasteiger partial charge in [-0.1, -0.05) is 13.8 Å². The van der Waals surface area contributed by atoms with Gasteiger partial charge >= 0.3 is 6.18 Å². The van der Waals surface area contributed by atoms with E-state index < -0.39 is 12.0 Å². The Bertz CT molecular complexity index is 794. The summed E-state index contributed by atoms with van der Waals surface area (Å²) in [4.78, 5) is 22.5. The first-order chi connectivity index (χ1) is 12.7. The molecule has 9 heteroatoms. The highest BCUT2D eigenvalue weighted by Gasteiger charge is 2.34. The van der Waals surface area contributed by atoms with Crippen LogP contribution in [0.25, 0.3) is 11.0 Å². The number of benzene rings is 1. The molecule has 0 aliphatic carbocycles. The zero-order chi connectivity index (χ0) is 19.6. The summed E-state index contributed by atoms with van der Waals surface area (Å²) in [6.07, 6.45) is -4.53. The topological polar surface area (TPSA) is 64.3 Å². The number of aromatic nitrogens is 2. The number of halogens is 3. The molecule has 6 nitrogen and oxygen atoms in total. The van der Waals surface area contributed by atoms with Gasteiger partial charge in [-0.15, -0.1) is 0 Å². The van der Waals surface area contributed by atoms with Crippen molar-refractivity contribution in [3.8, 4) is 0 Å². The lowest BCUT2D eigenvalue weighted by atomic mass is 10.2. The highest BCUT2D eigenvalue weighted by molar-refractivity contribution is 5.94. The van der Waals surface area contributed by atoms with E-state index in [4.69, 9.17) is 0 Å². The van der Waals surface area contributed by atoms with E-state index in [1.54, 1.807) is 6.07 Å². The van der Waals surface area contributed by atoms with Crippen LogP contribution in [-0.2, 0) is 11.0 Å². The summed E-state index contributed by atoms with van der Waals surface area (Å²) in [6.45, 7) is 9.23. The van der Waals surface area contributed by atoms with Crippen molar-refractivity contribution in [1.29, 1.82) is 0 Å². The van der Waals surface area contributed by atoms with E-state index >= 15 is 0 Å². The Kier molecular flexibility index (Phi) is 5.71. The smallest absolute Gasteiger partial charge is 0.334 e. The number of piperazine rings is 1. The lowest BCUT2D eigenvalue weighted by Crippen LogP contribution is -2.49. The number of amides is 1. The number of hydrogen-bond acceptors (Lipinski definition) is 4. The lowest BCUT2D eigenvalue weighted by Gasteiger charge is -2.35. The number of anilines is 1. The fourth-order valence-electron chi connectivity index (χ4n) is 3.27. The van der Waals surface area contributed by atoms with Crippen molar-refractivity contribution in [2.45, 2.75) is 20.0 Å². The van der Waals surface area contributed by atoms with Gasteiger partial charge in [0.25, 0.3) is 0 Å². The van der Waals surface area contributed by atoms with Gasteiger partial charge in [-0.05, 0) is 24.1 Å². The predicted octanol–water partition coefficient (Wildman–Crippen LogP) is 2.79. The standard InChI is InChI=1S/C18H24F3N5O/c1-12(2)10-25-5-7-26(8-6-25)11-16(27)22-13-3-4-14-15(9-13)24-17(23-14)18(19,20)21/h3-4,9,12H,5-8,10-11H2,1-2H3,(H,22,27)(H,23,24). The normalized spacial score (nSPS) is 17.0. The molecule has 0 radical (unpaired) electrons. The number of imidazole rings is 1. The third-order valence-corrected chi connectivity index (χ3v) is 4.49. The SMILES string of the molecule is CC(C)CN1CCN(CC(=O)Nc2ccc3nc(C(F)(F)F)[nH]c3c2)CC1. The molecular weight excluding hydrogens is 359 g/mol. The summed E-state index contributed by atoms with van der Waals surface area (Å²) in [7, 11) is 0. The van der Waals surface area contributed by atoms with Crippen molar-refractivity contribution < 1.29 is 18.0 Å². The number of carbonyl (C=O) groups is 1. The second kappa shape index (κ2) is 7.85. The monoisotopic (exact) mass is 383 g/mol. The van der Waals surface area contributed by atoms with Crippen molar-refractivity contribution in [2.24, 2.45) is 5.92 Å². The minimum absolute atomic E-state index is 0.179. The largest absolute Gasteiger partial charge is 0.449 e. The van der Waals surface area contributed by atoms with Crippen LogP contribution in [0.5, 0.6) is 0 Å². The first-order valence-corrected chi connectivity index (χ1v) is 9.02. The minimum atomic E-state index is -4.53. The van der Waals surface area contributed by atoms with Gasteiger partial charge < -0.3 is 15.2 Å². The Labute approximate surface area is 155 Å². The molecule has 1 amide bonds. The molecular formula is C18H24F3N5O. The molecule has 0 saturated carbocycles. The van der Waals surface area contributed by atoms with Crippen LogP contribution in [0.4, 0.5) is 18.9 Å². The Hall–Kier alpha value is -2.13. The Morgan fingerprint density at radius 2 is 1.89 bits per heavy atom. The van der Waals surface area contributed by atoms with Crippen molar-refractivity contribution >= 4 is 22.6 Å². The molecule has 0 atom stereocenters. The van der Waals surface area contributed by atoms with E-state index in [0.29, 0.717) is 11.6 Å². The van der Waals surface area contributed by atoms with Gasteiger partial charge in [0, 0.05) is 38.4 Å². The average molecular weight is 383 g/mol. The minimum Gasteiger partial charge on any atom is -0.334 e. The Morgan fingerprint density at radius 3 is 2.52 bits per heavy atom. The fraction of sp³-hybridized carbons (Fsp3) is 0.556. The third kappa shape index (κ3) is 5.20. The van der Waals surface area contributed by atoms with E-state index in [1.807, 2.05) is 0 Å². The molecule has 0 spiro atoms. The van der Waals surface area contributed by atoms with Gasteiger partial charge in [0.05, 0.1) is 17.6 Å². The first kappa shape index (κ1) is 19.6. The van der Waals surface area contributed by atoms with Gasteiger partial charge in [0.2, 0.25) is 11.7 Å². The van der Waals surface area contributed by atoms with Crippen LogP contribution in [0.3, 0.4) is 0 Å². The summed E-state index contributed by atoms with van der Waals surface area (Å²) in [6, 6.07) is 4.49.